The number of nitrogen functional groups attached to an aromatic ring is 1. The number of benzene rings is 1. The molecule has 2 aromatic heterocycles. The van der Waals surface area contributed by atoms with Gasteiger partial charge in [-0.1, -0.05) is 12.1 Å². The van der Waals surface area contributed by atoms with Gasteiger partial charge in [0.1, 0.15) is 17.8 Å². The van der Waals surface area contributed by atoms with Crippen molar-refractivity contribution in [3.05, 3.63) is 48.4 Å². The van der Waals surface area contributed by atoms with E-state index in [1.165, 1.54) is 6.33 Å². The molecule has 5 heteroatoms. The van der Waals surface area contributed by atoms with Crippen LogP contribution in [-0.2, 0) is 6.54 Å². The first-order valence-corrected chi connectivity index (χ1v) is 5.66. The Morgan fingerprint density at radius 2 is 1.83 bits per heavy atom. The Bertz CT molecular complexity index is 684. The summed E-state index contributed by atoms with van der Waals surface area (Å²) in [5.74, 6) is 0.498. The van der Waals surface area contributed by atoms with Crippen LogP contribution in [0.3, 0.4) is 0 Å². The third-order valence-corrected chi connectivity index (χ3v) is 2.96. The molecule has 3 rings (SSSR count). The maximum atomic E-state index is 5.81. The second kappa shape index (κ2) is 4.12. The molecule has 0 spiro atoms. The summed E-state index contributed by atoms with van der Waals surface area (Å²) in [5.41, 5.74) is 14.3. The molecule has 2 heterocycles. The van der Waals surface area contributed by atoms with Gasteiger partial charge in [0.25, 0.3) is 0 Å². The van der Waals surface area contributed by atoms with Crippen LogP contribution in [0.1, 0.15) is 5.56 Å². The van der Waals surface area contributed by atoms with E-state index in [2.05, 4.69) is 9.97 Å². The molecule has 0 aliphatic heterocycles. The van der Waals surface area contributed by atoms with E-state index in [4.69, 9.17) is 11.5 Å². The van der Waals surface area contributed by atoms with Gasteiger partial charge in [-0.25, -0.2) is 9.97 Å². The average Bonchev–Trinajstić information content (AvgIpc) is 2.84. The minimum atomic E-state index is 0.498. The zero-order chi connectivity index (χ0) is 12.5. The van der Waals surface area contributed by atoms with Crippen LogP contribution in [0.25, 0.3) is 16.7 Å². The first-order valence-electron chi connectivity index (χ1n) is 5.66. The standard InChI is InChI=1S/C13H13N5/c14-7-9-1-3-10(4-2-9)18-6-5-11-12(15)16-8-17-13(11)18/h1-6,8H,7,14H2,(H2,15,16,17). The van der Waals surface area contributed by atoms with E-state index in [1.807, 2.05) is 41.1 Å². The van der Waals surface area contributed by atoms with Crippen LogP contribution in [0, 0.1) is 0 Å². The van der Waals surface area contributed by atoms with Gasteiger partial charge >= 0.3 is 0 Å². The second-order valence-corrected chi connectivity index (χ2v) is 4.05. The minimum Gasteiger partial charge on any atom is -0.383 e. The topological polar surface area (TPSA) is 82.8 Å². The van der Waals surface area contributed by atoms with Gasteiger partial charge in [-0.15, -0.1) is 0 Å². The van der Waals surface area contributed by atoms with Crippen LogP contribution in [0.2, 0.25) is 0 Å². The van der Waals surface area contributed by atoms with Crippen molar-refractivity contribution in [1.82, 2.24) is 14.5 Å². The van der Waals surface area contributed by atoms with Crippen molar-refractivity contribution in [3.63, 3.8) is 0 Å². The molecule has 0 radical (unpaired) electrons. The molecule has 0 atom stereocenters. The third-order valence-electron chi connectivity index (χ3n) is 2.96. The summed E-state index contributed by atoms with van der Waals surface area (Å²) in [6.45, 7) is 0.543. The van der Waals surface area contributed by atoms with E-state index in [-0.39, 0.29) is 0 Å². The van der Waals surface area contributed by atoms with Crippen LogP contribution in [-0.4, -0.2) is 14.5 Å². The van der Waals surface area contributed by atoms with E-state index in [9.17, 15) is 0 Å². The van der Waals surface area contributed by atoms with Crippen molar-refractivity contribution >= 4 is 16.9 Å². The minimum absolute atomic E-state index is 0.498. The maximum absolute atomic E-state index is 5.81. The highest BCUT2D eigenvalue weighted by Crippen LogP contribution is 2.21. The first kappa shape index (κ1) is 10.7. The van der Waals surface area contributed by atoms with Crippen LogP contribution < -0.4 is 11.5 Å². The smallest absolute Gasteiger partial charge is 0.150 e. The third kappa shape index (κ3) is 1.61. The normalized spacial score (nSPS) is 10.9. The van der Waals surface area contributed by atoms with Crippen molar-refractivity contribution in [1.29, 1.82) is 0 Å². The Hall–Kier alpha value is -2.40. The van der Waals surface area contributed by atoms with Crippen LogP contribution >= 0.6 is 0 Å². The average molecular weight is 239 g/mol. The van der Waals surface area contributed by atoms with Crippen molar-refractivity contribution in [2.45, 2.75) is 6.54 Å². The Morgan fingerprint density at radius 1 is 1.06 bits per heavy atom. The van der Waals surface area contributed by atoms with Gasteiger partial charge in [0.05, 0.1) is 5.39 Å². The lowest BCUT2D eigenvalue weighted by Gasteiger charge is -2.05. The lowest BCUT2D eigenvalue weighted by Crippen LogP contribution is -1.99. The van der Waals surface area contributed by atoms with Crippen LogP contribution in [0.4, 0.5) is 5.82 Å². The van der Waals surface area contributed by atoms with Gasteiger partial charge in [-0.05, 0) is 23.8 Å². The molecule has 0 unspecified atom stereocenters. The molecule has 90 valence electrons. The first-order chi connectivity index (χ1) is 8.79. The van der Waals surface area contributed by atoms with Gasteiger partial charge in [-0.2, -0.15) is 0 Å². The summed E-state index contributed by atoms with van der Waals surface area (Å²) in [7, 11) is 0. The molecule has 0 saturated heterocycles. The highest BCUT2D eigenvalue weighted by atomic mass is 15.1. The number of anilines is 1. The number of nitrogens with two attached hydrogens (primary N) is 2. The molecule has 0 aliphatic rings. The van der Waals surface area contributed by atoms with Gasteiger partial charge in [0.2, 0.25) is 0 Å². The monoisotopic (exact) mass is 239 g/mol. The molecule has 5 nitrogen and oxygen atoms in total. The highest BCUT2D eigenvalue weighted by Gasteiger charge is 2.07. The molecular weight excluding hydrogens is 226 g/mol. The number of aromatic nitrogens is 3. The molecule has 4 N–H and O–H groups in total. The molecule has 3 aromatic rings. The van der Waals surface area contributed by atoms with Crippen molar-refractivity contribution < 1.29 is 0 Å². The predicted molar refractivity (Wildman–Crippen MR) is 71.2 cm³/mol. The maximum Gasteiger partial charge on any atom is 0.150 e. The van der Waals surface area contributed by atoms with Crippen LogP contribution in [0.5, 0.6) is 0 Å². The predicted octanol–water partition coefficient (Wildman–Crippen LogP) is 1.46. The Labute approximate surface area is 104 Å². The van der Waals surface area contributed by atoms with Gasteiger partial charge < -0.3 is 16.0 Å². The molecule has 0 bridgehead atoms. The fourth-order valence-electron chi connectivity index (χ4n) is 1.97. The van der Waals surface area contributed by atoms with Gasteiger partial charge in [0, 0.05) is 18.4 Å². The molecular formula is C13H13N5. The zero-order valence-electron chi connectivity index (χ0n) is 9.74. The number of hydrogen-bond donors (Lipinski definition) is 2. The Morgan fingerprint density at radius 3 is 2.56 bits per heavy atom. The van der Waals surface area contributed by atoms with E-state index in [1.54, 1.807) is 0 Å². The number of hydrogen-bond acceptors (Lipinski definition) is 4. The van der Waals surface area contributed by atoms with E-state index >= 15 is 0 Å². The number of nitrogens with zero attached hydrogens (tertiary/aromatic N) is 3. The summed E-state index contributed by atoms with van der Waals surface area (Å²) in [4.78, 5) is 8.25. The summed E-state index contributed by atoms with van der Waals surface area (Å²) in [5, 5.41) is 0.861. The molecule has 1 aromatic carbocycles. The van der Waals surface area contributed by atoms with Crippen molar-refractivity contribution in [2.24, 2.45) is 5.73 Å². The van der Waals surface area contributed by atoms with Crippen LogP contribution in [0.15, 0.2) is 42.9 Å². The Balaban J connectivity index is 2.16. The van der Waals surface area contributed by atoms with Crippen molar-refractivity contribution in [3.8, 4) is 5.69 Å². The van der Waals surface area contributed by atoms with E-state index in [0.29, 0.717) is 12.4 Å². The van der Waals surface area contributed by atoms with E-state index in [0.717, 1.165) is 22.3 Å². The largest absolute Gasteiger partial charge is 0.383 e. The van der Waals surface area contributed by atoms with Gasteiger partial charge in [0.15, 0.2) is 0 Å². The van der Waals surface area contributed by atoms with E-state index < -0.39 is 0 Å². The quantitative estimate of drug-likeness (QED) is 0.709. The summed E-state index contributed by atoms with van der Waals surface area (Å²) >= 11 is 0. The summed E-state index contributed by atoms with van der Waals surface area (Å²) in [6.07, 6.45) is 3.41. The van der Waals surface area contributed by atoms with Gasteiger partial charge in [-0.3, -0.25) is 0 Å². The number of fused-ring (bicyclic) bond motifs is 1. The zero-order valence-corrected chi connectivity index (χ0v) is 9.74. The fourth-order valence-corrected chi connectivity index (χ4v) is 1.97. The summed E-state index contributed by atoms with van der Waals surface area (Å²) < 4.78 is 1.98. The molecule has 0 saturated carbocycles. The lowest BCUT2D eigenvalue weighted by atomic mass is 10.2. The van der Waals surface area contributed by atoms with Crippen molar-refractivity contribution in [2.75, 3.05) is 5.73 Å². The fraction of sp³-hybridized carbons (Fsp3) is 0.0769. The SMILES string of the molecule is NCc1ccc(-n2ccc3c(N)ncnc32)cc1. The molecule has 0 amide bonds. The summed E-state index contributed by atoms with van der Waals surface area (Å²) in [6, 6.07) is 9.96. The Kier molecular flexibility index (Phi) is 2.46. The molecule has 0 fully saturated rings. The molecule has 0 aliphatic carbocycles. The lowest BCUT2D eigenvalue weighted by molar-refractivity contribution is 1.05. The number of rotatable bonds is 2. The molecule has 18 heavy (non-hydrogen) atoms. The highest BCUT2D eigenvalue weighted by molar-refractivity contribution is 5.87. The second-order valence-electron chi connectivity index (χ2n) is 4.05.